The Bertz CT molecular complexity index is 3850. The normalized spacial score (nSPS) is 52.1. The minimum absolute atomic E-state index is 0.0224. The van der Waals surface area contributed by atoms with E-state index >= 15 is 25.2 Å². The number of aliphatic hydroxyl groups excluding tert-OH is 3. The number of ether oxygens (including phenoxy) is 2. The molecular weight excluding hydrogens is 1180 g/mol. The molecule has 2 saturated heterocycles. The second-order valence-electron chi connectivity index (χ2n) is 36.2. The highest BCUT2D eigenvalue weighted by atomic mass is 16.5. The van der Waals surface area contributed by atoms with Crippen LogP contribution in [0.5, 0.6) is 0 Å². The Morgan fingerprint density at radius 2 is 1.58 bits per heavy atom. The lowest BCUT2D eigenvalue weighted by Gasteiger charge is -2.83. The first kappa shape index (κ1) is 60.5. The first-order valence-corrected chi connectivity index (χ1v) is 38.3. The Morgan fingerprint density at radius 1 is 0.747 bits per heavy atom. The third kappa shape index (κ3) is 7.02. The molecule has 502 valence electrons. The molecule has 3 aromatic rings. The quantitative estimate of drug-likeness (QED) is 0.0558. The molecule has 15 aliphatic carbocycles. The highest BCUT2D eigenvalue weighted by molar-refractivity contribution is 5.87. The summed E-state index contributed by atoms with van der Waals surface area (Å²) < 4.78 is 15.4. The van der Waals surface area contributed by atoms with Crippen molar-refractivity contribution < 1.29 is 49.7 Å². The molecule has 0 amide bonds. The van der Waals surface area contributed by atoms with E-state index in [-0.39, 0.29) is 72.8 Å². The van der Waals surface area contributed by atoms with Gasteiger partial charge >= 0.3 is 5.97 Å². The third-order valence-corrected chi connectivity index (χ3v) is 34.4. The maximum absolute atomic E-state index is 16.8. The molecule has 27 atom stereocenters. The summed E-state index contributed by atoms with van der Waals surface area (Å²) in [5.74, 6) is 6.77. The van der Waals surface area contributed by atoms with Crippen molar-refractivity contribution in [2.45, 2.75) is 233 Å². The molecule has 3 aromatic carbocycles. The van der Waals surface area contributed by atoms with E-state index in [4.69, 9.17) is 9.47 Å². The standard InChI is InChI=1S/C84H101NO10/c1-85-68-39-61-53(14-8-16-57(61)44-86)20-26-74(24-5-6-25-74)45-79-29-23-69-77(47-87)46-80-65-37-58-35-54(52-12-3-2-4-13-52)21-27-75(58,80)28-22-64(65)78-31-30-76(73(80)95-78)42-56-15-9-17-60(55-19-18-50(34-55)32-49-10-7-11-51(33-49)41-78)62(56)38-67(84(76,77)93)72(90)83(69,92)82(79,91)43-59-36-63(68)71-66(40-70(89)94-71)81(59,79)48-88/h2-4,7-16,33,40,47,50,54-56,58-60,62-65,67-69,71-73,85-86,88,90-93H,5-6,17-19,21-25,27-32,34-39,41-46,48H2,1H3/t50-,54+,55+,56-,58-,59+,60+,62+,63-,64+,65-,67+,68+,69-,71+,72-,73-,75-,76+,77+,78-,79+,80-,81-,82-,83-,84+/m1/s1. The van der Waals surface area contributed by atoms with E-state index < -0.39 is 104 Å². The Hall–Kier alpha value is -4.48. The molecule has 19 aliphatic rings. The summed E-state index contributed by atoms with van der Waals surface area (Å²) in [6.07, 6.45) is 25.2. The van der Waals surface area contributed by atoms with Gasteiger partial charge in [-0.25, -0.2) is 4.79 Å². The molecule has 11 nitrogen and oxygen atoms in total. The molecule has 7 N–H and O–H groups in total. The molecule has 4 aliphatic heterocycles. The number of rotatable bonds is 5. The van der Waals surface area contributed by atoms with E-state index in [0.29, 0.717) is 74.2 Å². The number of allylic oxidation sites excluding steroid dienone is 2. The SMILES string of the molecule is CN[C@H]1Cc2c(cccc2CO)C#CC2(CCCC2)C[C@]23CC[C@H]4[C@@](O)([C@H](O)[C@@H]5C[C@@H]6[C@H]7CC=C[C@@H]6C[C@@]68CC[C@]9(Cc%10cccc(c%10)C[C@H]%10CC[C@H]7C%10)O[C@H]6[C@@]6(C[C@@]4(C=O)[C@]58O)[C@@H]4C[C@H]5C[C@@H](c7ccccc7)CC[C@@]56CC[C@@H]49)[C@@]2(O)C[C@@H]2C[C@H]1[C@@H]1OC(=O)C=C1[C@@]23CO. The lowest BCUT2D eigenvalue weighted by Crippen LogP contribution is -2.91. The van der Waals surface area contributed by atoms with Gasteiger partial charge < -0.3 is 50.2 Å². The van der Waals surface area contributed by atoms with Crippen molar-refractivity contribution in [1.29, 1.82) is 0 Å². The van der Waals surface area contributed by atoms with Crippen molar-refractivity contribution in [3.8, 4) is 11.8 Å². The van der Waals surface area contributed by atoms with E-state index in [1.54, 1.807) is 6.08 Å². The molecule has 0 unspecified atom stereocenters. The Balaban J connectivity index is 0.841. The summed E-state index contributed by atoms with van der Waals surface area (Å²) >= 11 is 0. The minimum Gasteiger partial charge on any atom is -0.454 e. The van der Waals surface area contributed by atoms with E-state index in [2.05, 4.69) is 90.0 Å². The zero-order valence-corrected chi connectivity index (χ0v) is 55.9. The first-order valence-electron chi connectivity index (χ1n) is 38.3. The van der Waals surface area contributed by atoms with Crippen LogP contribution in [0.4, 0.5) is 0 Å². The molecule has 0 aromatic heterocycles. The average Bonchev–Trinajstić information content (AvgIpc) is 1.59. The van der Waals surface area contributed by atoms with Crippen LogP contribution in [0.15, 0.2) is 96.6 Å². The number of benzene rings is 3. The molecule has 0 radical (unpaired) electrons. The van der Waals surface area contributed by atoms with Crippen molar-refractivity contribution >= 4 is 12.3 Å². The average molecular weight is 1280 g/mol. The van der Waals surface area contributed by atoms with Crippen LogP contribution in [0.25, 0.3) is 0 Å². The number of esters is 1. The number of carbonyl (C=O) groups is 2. The molecule has 22 rings (SSSR count). The number of aliphatic hydroxyl groups is 6. The van der Waals surface area contributed by atoms with Gasteiger partial charge in [0.2, 0.25) is 0 Å². The molecule has 95 heavy (non-hydrogen) atoms. The number of hydrogen-bond donors (Lipinski definition) is 7. The predicted molar refractivity (Wildman–Crippen MR) is 357 cm³/mol. The van der Waals surface area contributed by atoms with Crippen molar-refractivity contribution in [2.75, 3.05) is 13.7 Å². The summed E-state index contributed by atoms with van der Waals surface area (Å²) in [5, 5.41) is 91.4. The number of likely N-dealkylation sites (N-methyl/N-ethyl adjacent to an activating group) is 1. The van der Waals surface area contributed by atoms with E-state index in [1.165, 1.54) is 23.0 Å². The van der Waals surface area contributed by atoms with Crippen molar-refractivity contribution in [3.63, 3.8) is 0 Å². The molecule has 13 fully saturated rings. The lowest BCUT2D eigenvalue weighted by atomic mass is 9.25. The van der Waals surface area contributed by atoms with Gasteiger partial charge in [-0.2, -0.15) is 0 Å². The number of aldehydes is 1. The van der Waals surface area contributed by atoms with Crippen molar-refractivity contribution in [3.05, 3.63) is 130 Å². The Morgan fingerprint density at radius 3 is 2.40 bits per heavy atom. The van der Waals surface area contributed by atoms with Gasteiger partial charge in [-0.3, -0.25) is 0 Å². The monoisotopic (exact) mass is 1280 g/mol. The fourth-order valence-electron chi connectivity index (χ4n) is 31.5. The smallest absolute Gasteiger partial charge is 0.331 e. The number of hydrogen-bond acceptors (Lipinski definition) is 11. The fourth-order valence-corrected chi connectivity index (χ4v) is 31.5. The number of nitrogens with one attached hydrogen (secondary N) is 1. The second-order valence-corrected chi connectivity index (χ2v) is 36.2. The van der Waals surface area contributed by atoms with Crippen LogP contribution in [0.1, 0.15) is 193 Å². The van der Waals surface area contributed by atoms with Gasteiger partial charge in [0.15, 0.2) is 0 Å². The van der Waals surface area contributed by atoms with Crippen LogP contribution in [0.2, 0.25) is 0 Å². The van der Waals surface area contributed by atoms with E-state index in [0.717, 1.165) is 126 Å². The molecule has 4 heterocycles. The first-order chi connectivity index (χ1) is 46.0. The van der Waals surface area contributed by atoms with E-state index in [1.807, 2.05) is 19.2 Å². The molecule has 11 heteroatoms. The van der Waals surface area contributed by atoms with Crippen LogP contribution in [0.3, 0.4) is 0 Å². The van der Waals surface area contributed by atoms with Crippen LogP contribution in [-0.4, -0.2) is 103 Å². The molecular formula is C84H101NO10. The van der Waals surface area contributed by atoms with Crippen molar-refractivity contribution in [2.24, 2.45) is 109 Å². The lowest BCUT2D eigenvalue weighted by molar-refractivity contribution is -0.448. The maximum Gasteiger partial charge on any atom is 0.331 e. The third-order valence-electron chi connectivity index (χ3n) is 34.4. The molecule has 11 saturated carbocycles. The largest absolute Gasteiger partial charge is 0.454 e. The summed E-state index contributed by atoms with van der Waals surface area (Å²) in [5.41, 5.74) is -6.31. The van der Waals surface area contributed by atoms with Gasteiger partial charge in [0.05, 0.1) is 42.0 Å². The van der Waals surface area contributed by atoms with E-state index in [9.17, 15) is 15.0 Å². The molecule has 18 bridgehead atoms. The number of carbonyl (C=O) groups excluding carboxylic acids is 2. The zero-order valence-electron chi connectivity index (χ0n) is 55.9. The van der Waals surface area contributed by atoms with Crippen LogP contribution < -0.4 is 5.32 Å². The summed E-state index contributed by atoms with van der Waals surface area (Å²) in [4.78, 5) is 31.3. The summed E-state index contributed by atoms with van der Waals surface area (Å²) in [7, 11) is 1.94. The fraction of sp³-hybridized carbons (Fsp3) is 0.690. The Labute approximate surface area is 561 Å². The zero-order chi connectivity index (χ0) is 64.3. The van der Waals surface area contributed by atoms with Gasteiger partial charge in [0.1, 0.15) is 23.6 Å². The van der Waals surface area contributed by atoms with Gasteiger partial charge in [-0.15, -0.1) is 0 Å². The molecule has 6 spiro atoms. The highest BCUT2D eigenvalue weighted by Crippen LogP contribution is 2.91. The van der Waals surface area contributed by atoms with Gasteiger partial charge in [0.25, 0.3) is 0 Å². The van der Waals surface area contributed by atoms with Gasteiger partial charge in [0, 0.05) is 68.9 Å². The Kier molecular flexibility index (Phi) is 12.8. The van der Waals surface area contributed by atoms with Crippen LogP contribution >= 0.6 is 0 Å². The van der Waals surface area contributed by atoms with Gasteiger partial charge in [-0.1, -0.05) is 104 Å². The number of fused-ring (bicyclic) bond motifs is 5. The highest BCUT2D eigenvalue weighted by Gasteiger charge is 2.95. The van der Waals surface area contributed by atoms with Crippen LogP contribution in [0, 0.1) is 121 Å². The summed E-state index contributed by atoms with van der Waals surface area (Å²) in [6.45, 7) is -0.568. The predicted octanol–water partition coefficient (Wildman–Crippen LogP) is 11.4. The van der Waals surface area contributed by atoms with Gasteiger partial charge in [-0.05, 0) is 265 Å². The minimum atomic E-state index is -2.39. The summed E-state index contributed by atoms with van der Waals surface area (Å²) in [6, 6.07) is 26.5. The maximum atomic E-state index is 16.8. The van der Waals surface area contributed by atoms with Crippen molar-refractivity contribution in [1.82, 2.24) is 5.32 Å². The van der Waals surface area contributed by atoms with Crippen LogP contribution in [-0.2, 0) is 44.9 Å². The topological polar surface area (TPSA) is 186 Å². The second kappa shape index (κ2) is 20.2.